The van der Waals surface area contributed by atoms with Gasteiger partial charge in [0.05, 0.1) is 5.52 Å². The first-order chi connectivity index (χ1) is 13.9. The van der Waals surface area contributed by atoms with E-state index in [4.69, 9.17) is 0 Å². The monoisotopic (exact) mass is 369 g/mol. The Kier molecular flexibility index (Phi) is 3.98. The lowest BCUT2D eigenvalue weighted by atomic mass is 9.75. The quantitative estimate of drug-likeness (QED) is 0.686. The molecule has 3 heteroatoms. The summed E-state index contributed by atoms with van der Waals surface area (Å²) in [6.45, 7) is 4.79. The molecule has 3 aromatic rings. The number of piperidine rings is 3. The van der Waals surface area contributed by atoms with E-state index in [2.05, 4.69) is 75.4 Å². The Bertz CT molecular complexity index is 972. The highest BCUT2D eigenvalue weighted by atomic mass is 15.3. The van der Waals surface area contributed by atoms with Crippen LogP contribution in [0.3, 0.4) is 0 Å². The minimum Gasteiger partial charge on any atom is -0.298 e. The van der Waals surface area contributed by atoms with Crippen LogP contribution in [0.5, 0.6) is 0 Å². The second-order valence-electron chi connectivity index (χ2n) is 8.79. The number of aromatic nitrogens is 1. The second kappa shape index (κ2) is 6.68. The van der Waals surface area contributed by atoms with E-state index in [9.17, 15) is 0 Å². The minimum absolute atomic E-state index is 0.627. The van der Waals surface area contributed by atoms with Crippen molar-refractivity contribution in [1.29, 1.82) is 0 Å². The molecule has 4 aliphatic heterocycles. The highest BCUT2D eigenvalue weighted by Crippen LogP contribution is 2.47. The Morgan fingerprint density at radius 1 is 0.857 bits per heavy atom. The maximum Gasteiger partial charge on any atom is 0.0705 e. The van der Waals surface area contributed by atoms with Crippen LogP contribution in [0.2, 0.25) is 0 Å². The molecule has 142 valence electrons. The van der Waals surface area contributed by atoms with Gasteiger partial charge >= 0.3 is 0 Å². The van der Waals surface area contributed by atoms with Crippen LogP contribution >= 0.6 is 0 Å². The van der Waals surface area contributed by atoms with Gasteiger partial charge in [-0.15, -0.1) is 0 Å². The zero-order valence-electron chi connectivity index (χ0n) is 16.2. The lowest BCUT2D eigenvalue weighted by Crippen LogP contribution is -2.59. The van der Waals surface area contributed by atoms with Gasteiger partial charge in [-0.3, -0.25) is 14.8 Å². The summed E-state index contributed by atoms with van der Waals surface area (Å²) in [5.41, 5.74) is 4.06. The van der Waals surface area contributed by atoms with Crippen molar-refractivity contribution in [3.05, 3.63) is 78.0 Å². The average molecular weight is 370 g/mol. The lowest BCUT2D eigenvalue weighted by molar-refractivity contribution is -0.00859. The Morgan fingerprint density at radius 2 is 1.71 bits per heavy atom. The van der Waals surface area contributed by atoms with Crippen molar-refractivity contribution in [2.45, 2.75) is 37.4 Å². The smallest absolute Gasteiger partial charge is 0.0705 e. The summed E-state index contributed by atoms with van der Waals surface area (Å²) in [5, 5.41) is 1.31. The molecule has 1 aromatic heterocycles. The molecule has 3 atom stereocenters. The maximum absolute atomic E-state index is 4.57. The van der Waals surface area contributed by atoms with Crippen LogP contribution in [0.4, 0.5) is 0 Å². The minimum atomic E-state index is 0.627. The van der Waals surface area contributed by atoms with Gasteiger partial charge in [0.15, 0.2) is 0 Å². The predicted octanol–water partition coefficient (Wildman–Crippen LogP) is 4.30. The topological polar surface area (TPSA) is 19.4 Å². The number of benzene rings is 2. The summed E-state index contributed by atoms with van der Waals surface area (Å²) in [5.74, 6) is 1.49. The van der Waals surface area contributed by atoms with Gasteiger partial charge in [0.1, 0.15) is 0 Å². The molecule has 28 heavy (non-hydrogen) atoms. The van der Waals surface area contributed by atoms with Crippen molar-refractivity contribution < 1.29 is 0 Å². The summed E-state index contributed by atoms with van der Waals surface area (Å²) < 4.78 is 0. The summed E-state index contributed by atoms with van der Waals surface area (Å²) in [6, 6.07) is 23.5. The standard InChI is InChI=1S/C25H27N3/c1-2-6-18(7-3-1)22-17-28(24-19-11-14-27(15-12-19)25(22)24)16-20-8-4-10-23-21(20)9-5-13-26-23/h1-10,13,19,22,24-25H,11-12,14-17H2/t22-,24+,25+/m0/s1. The molecule has 2 bridgehead atoms. The van der Waals surface area contributed by atoms with Gasteiger partial charge in [0, 0.05) is 42.7 Å². The maximum atomic E-state index is 4.57. The van der Waals surface area contributed by atoms with Crippen LogP contribution in [-0.2, 0) is 6.54 Å². The fourth-order valence-corrected chi connectivity index (χ4v) is 6.24. The van der Waals surface area contributed by atoms with Crippen molar-refractivity contribution >= 4 is 10.9 Å². The third-order valence-corrected chi connectivity index (χ3v) is 7.43. The molecule has 0 spiro atoms. The molecule has 5 heterocycles. The van der Waals surface area contributed by atoms with E-state index in [1.54, 1.807) is 0 Å². The van der Waals surface area contributed by atoms with Crippen molar-refractivity contribution in [2.24, 2.45) is 5.92 Å². The van der Waals surface area contributed by atoms with E-state index in [1.165, 1.54) is 49.0 Å². The normalized spacial score (nSPS) is 31.9. The Morgan fingerprint density at radius 3 is 2.57 bits per heavy atom. The SMILES string of the molecule is c1ccc([C@@H]2CN(Cc3cccc4ncccc34)[C@@H]3C4CCN(CC4)[C@@H]32)cc1. The van der Waals surface area contributed by atoms with Gasteiger partial charge in [-0.2, -0.15) is 0 Å². The molecular weight excluding hydrogens is 342 g/mol. The van der Waals surface area contributed by atoms with E-state index in [-0.39, 0.29) is 0 Å². The molecule has 0 unspecified atom stereocenters. The number of likely N-dealkylation sites (tertiary alicyclic amines) is 1. The number of hydrogen-bond donors (Lipinski definition) is 0. The number of fused-ring (bicyclic) bond motifs is 3. The molecule has 7 rings (SSSR count). The molecule has 4 fully saturated rings. The molecule has 4 saturated heterocycles. The van der Waals surface area contributed by atoms with E-state index in [0.29, 0.717) is 18.0 Å². The van der Waals surface area contributed by atoms with Gasteiger partial charge in [-0.1, -0.05) is 48.5 Å². The summed E-state index contributed by atoms with van der Waals surface area (Å²) in [7, 11) is 0. The Labute approximate surface area is 167 Å². The van der Waals surface area contributed by atoms with E-state index >= 15 is 0 Å². The largest absolute Gasteiger partial charge is 0.298 e. The zero-order valence-corrected chi connectivity index (χ0v) is 16.2. The fraction of sp³-hybridized carbons (Fsp3) is 0.400. The molecule has 4 aliphatic rings. The summed E-state index contributed by atoms with van der Waals surface area (Å²) in [4.78, 5) is 10.2. The second-order valence-corrected chi connectivity index (χ2v) is 8.79. The molecule has 0 radical (unpaired) electrons. The van der Waals surface area contributed by atoms with Crippen LogP contribution in [0.25, 0.3) is 10.9 Å². The first-order valence-electron chi connectivity index (χ1n) is 10.7. The fourth-order valence-electron chi connectivity index (χ4n) is 6.24. The molecule has 2 aromatic carbocycles. The van der Waals surface area contributed by atoms with Crippen LogP contribution in [0.1, 0.15) is 29.9 Å². The highest BCUT2D eigenvalue weighted by molar-refractivity contribution is 5.81. The van der Waals surface area contributed by atoms with E-state index in [0.717, 1.165) is 18.0 Å². The van der Waals surface area contributed by atoms with Crippen LogP contribution in [-0.4, -0.2) is 46.5 Å². The third kappa shape index (κ3) is 2.61. The zero-order chi connectivity index (χ0) is 18.5. The van der Waals surface area contributed by atoms with Crippen molar-refractivity contribution in [1.82, 2.24) is 14.8 Å². The first kappa shape index (κ1) is 16.7. The Balaban J connectivity index is 1.38. The highest BCUT2D eigenvalue weighted by Gasteiger charge is 2.53. The van der Waals surface area contributed by atoms with Crippen molar-refractivity contribution in [3.63, 3.8) is 0 Å². The number of rotatable bonds is 3. The predicted molar refractivity (Wildman–Crippen MR) is 113 cm³/mol. The van der Waals surface area contributed by atoms with Gasteiger partial charge in [-0.05, 0) is 55.1 Å². The summed E-state index contributed by atoms with van der Waals surface area (Å²) in [6.07, 6.45) is 4.64. The number of nitrogens with zero attached hydrogens (tertiary/aromatic N) is 3. The van der Waals surface area contributed by atoms with Crippen LogP contribution in [0, 0.1) is 5.92 Å². The van der Waals surface area contributed by atoms with Crippen LogP contribution < -0.4 is 0 Å². The first-order valence-corrected chi connectivity index (χ1v) is 10.7. The van der Waals surface area contributed by atoms with E-state index in [1.807, 2.05) is 6.20 Å². The van der Waals surface area contributed by atoms with Gasteiger partial charge in [0.2, 0.25) is 0 Å². The molecule has 0 amide bonds. The molecule has 3 nitrogen and oxygen atoms in total. The van der Waals surface area contributed by atoms with Crippen molar-refractivity contribution in [3.8, 4) is 0 Å². The van der Waals surface area contributed by atoms with Crippen molar-refractivity contribution in [2.75, 3.05) is 19.6 Å². The summed E-state index contributed by atoms with van der Waals surface area (Å²) >= 11 is 0. The molecule has 0 aliphatic carbocycles. The number of hydrogen-bond acceptors (Lipinski definition) is 3. The van der Waals surface area contributed by atoms with E-state index < -0.39 is 0 Å². The van der Waals surface area contributed by atoms with Gasteiger partial charge < -0.3 is 0 Å². The third-order valence-electron chi connectivity index (χ3n) is 7.43. The molecule has 0 N–H and O–H groups in total. The van der Waals surface area contributed by atoms with Crippen LogP contribution in [0.15, 0.2) is 66.9 Å². The number of pyridine rings is 1. The Hall–Kier alpha value is -2.23. The van der Waals surface area contributed by atoms with Gasteiger partial charge in [-0.25, -0.2) is 0 Å². The molecular formula is C25H27N3. The average Bonchev–Trinajstić information content (AvgIpc) is 3.17. The lowest BCUT2D eigenvalue weighted by Gasteiger charge is -2.51. The molecule has 0 saturated carbocycles. The van der Waals surface area contributed by atoms with Gasteiger partial charge in [0.25, 0.3) is 0 Å².